The molecule has 10 heavy (non-hydrogen) atoms. The van der Waals surface area contributed by atoms with Crippen molar-refractivity contribution >= 4 is 5.97 Å². The fourth-order valence-electron chi connectivity index (χ4n) is 0.538. The summed E-state index contributed by atoms with van der Waals surface area (Å²) in [6, 6.07) is 0. The fourth-order valence-corrected chi connectivity index (χ4v) is 0.538. The third-order valence-corrected chi connectivity index (χ3v) is 0.997. The number of hydrogen-bond acceptors (Lipinski definition) is 1. The van der Waals surface area contributed by atoms with Gasteiger partial charge in [0.1, 0.15) is 0 Å². The fraction of sp³-hybridized carbons (Fsp3) is 0.571. The molecule has 0 aromatic carbocycles. The monoisotopic (exact) mass is 152 g/mol. The Bertz CT molecular complexity index is 115. The van der Waals surface area contributed by atoms with Gasteiger partial charge in [0.15, 0.2) is 0 Å². The van der Waals surface area contributed by atoms with Gasteiger partial charge < -0.3 is 6.53 Å². The largest absolute Gasteiger partial charge is 1.00 e. The normalized spacial score (nSPS) is 9.30. The topological polar surface area (TPSA) is 37.3 Å². The second-order valence-electron chi connectivity index (χ2n) is 1.86. The van der Waals surface area contributed by atoms with Gasteiger partial charge >= 0.3 is 35.5 Å². The van der Waals surface area contributed by atoms with E-state index in [1.54, 1.807) is 0 Å². The van der Waals surface area contributed by atoms with Gasteiger partial charge in [0.05, 0.1) is 0 Å². The summed E-state index contributed by atoms with van der Waals surface area (Å²) < 4.78 is 0. The minimum atomic E-state index is -0.709. The first kappa shape index (κ1) is 12.8. The number of carboxylic acids is 1. The molecule has 0 saturated heterocycles. The molecule has 0 aliphatic rings. The quantitative estimate of drug-likeness (QED) is 0.316. The summed E-state index contributed by atoms with van der Waals surface area (Å²) in [4.78, 5) is 9.94. The Hall–Kier alpha value is 0.210. The van der Waals surface area contributed by atoms with E-state index in [1.165, 1.54) is 0 Å². The standard InChI is InChI=1S/C7H12O2.Na.H/c1-2-3-4-5-6-7(8)9;;/h2-3H,4-6H2,1H3,(H,8,9);;/q;+1;-1. The van der Waals surface area contributed by atoms with Crippen molar-refractivity contribution in [2.24, 2.45) is 0 Å². The number of unbranched alkanes of at least 4 members (excludes halogenated alkanes) is 1. The molecule has 0 aromatic rings. The van der Waals surface area contributed by atoms with Crippen LogP contribution in [-0.2, 0) is 4.79 Å². The molecule has 0 fully saturated rings. The van der Waals surface area contributed by atoms with Crippen LogP contribution >= 0.6 is 0 Å². The number of hydrogen-bond donors (Lipinski definition) is 1. The Morgan fingerprint density at radius 2 is 2.30 bits per heavy atom. The van der Waals surface area contributed by atoms with E-state index in [1.807, 2.05) is 19.1 Å². The molecule has 0 radical (unpaired) electrons. The van der Waals surface area contributed by atoms with Crippen molar-refractivity contribution in [3.8, 4) is 0 Å². The van der Waals surface area contributed by atoms with Crippen LogP contribution in [0.3, 0.4) is 0 Å². The van der Waals surface area contributed by atoms with Gasteiger partial charge in [0, 0.05) is 6.42 Å². The Balaban J connectivity index is -0.000000320. The van der Waals surface area contributed by atoms with Gasteiger partial charge in [0.2, 0.25) is 0 Å². The van der Waals surface area contributed by atoms with Crippen LogP contribution in [0.5, 0.6) is 0 Å². The van der Waals surface area contributed by atoms with Crippen LogP contribution in [0.4, 0.5) is 0 Å². The summed E-state index contributed by atoms with van der Waals surface area (Å²) in [5.41, 5.74) is 0. The van der Waals surface area contributed by atoms with Crippen LogP contribution in [-0.4, -0.2) is 11.1 Å². The van der Waals surface area contributed by atoms with E-state index in [0.29, 0.717) is 0 Å². The van der Waals surface area contributed by atoms with Gasteiger partial charge in [0.25, 0.3) is 0 Å². The van der Waals surface area contributed by atoms with Crippen molar-refractivity contribution in [2.45, 2.75) is 26.2 Å². The minimum absolute atomic E-state index is 0. The summed E-state index contributed by atoms with van der Waals surface area (Å²) in [5.74, 6) is -0.709. The van der Waals surface area contributed by atoms with E-state index in [2.05, 4.69) is 0 Å². The van der Waals surface area contributed by atoms with E-state index in [9.17, 15) is 4.79 Å². The molecule has 0 heterocycles. The van der Waals surface area contributed by atoms with Crippen LogP contribution in [0.25, 0.3) is 0 Å². The van der Waals surface area contributed by atoms with E-state index in [4.69, 9.17) is 5.11 Å². The molecule has 0 bridgehead atoms. The third kappa shape index (κ3) is 11.1. The number of rotatable bonds is 4. The Morgan fingerprint density at radius 1 is 1.70 bits per heavy atom. The minimum Gasteiger partial charge on any atom is -1.00 e. The first-order valence-corrected chi connectivity index (χ1v) is 3.10. The maximum atomic E-state index is 9.94. The zero-order valence-corrected chi connectivity index (χ0v) is 8.63. The van der Waals surface area contributed by atoms with Crippen LogP contribution in [0, 0.1) is 0 Å². The van der Waals surface area contributed by atoms with Crippen LogP contribution < -0.4 is 29.6 Å². The molecule has 0 amide bonds. The molecule has 0 aromatic heterocycles. The van der Waals surface area contributed by atoms with Gasteiger partial charge in [-0.1, -0.05) is 12.2 Å². The van der Waals surface area contributed by atoms with Crippen molar-refractivity contribution in [3.63, 3.8) is 0 Å². The van der Waals surface area contributed by atoms with E-state index < -0.39 is 5.97 Å². The predicted octanol–water partition coefficient (Wildman–Crippen LogP) is -1.07. The van der Waals surface area contributed by atoms with E-state index >= 15 is 0 Å². The molecule has 3 heteroatoms. The zero-order chi connectivity index (χ0) is 7.11. The number of allylic oxidation sites excluding steroid dienone is 2. The molecule has 54 valence electrons. The first-order valence-electron chi connectivity index (χ1n) is 3.10. The molecule has 0 saturated carbocycles. The van der Waals surface area contributed by atoms with Crippen molar-refractivity contribution in [1.29, 1.82) is 0 Å². The summed E-state index contributed by atoms with van der Waals surface area (Å²) >= 11 is 0. The SMILES string of the molecule is CC=CCCCC(=O)O.[H-].[Na+]. The molecular formula is C7H13NaO2. The van der Waals surface area contributed by atoms with E-state index in [-0.39, 0.29) is 37.4 Å². The molecule has 0 aliphatic carbocycles. The van der Waals surface area contributed by atoms with Gasteiger partial charge in [-0.05, 0) is 19.8 Å². The smallest absolute Gasteiger partial charge is 1.00 e. The Morgan fingerprint density at radius 3 is 2.70 bits per heavy atom. The number of aliphatic carboxylic acids is 1. The molecular weight excluding hydrogens is 139 g/mol. The molecule has 0 unspecified atom stereocenters. The van der Waals surface area contributed by atoms with Gasteiger partial charge in [-0.2, -0.15) is 0 Å². The summed E-state index contributed by atoms with van der Waals surface area (Å²) in [6.07, 6.45) is 5.82. The van der Waals surface area contributed by atoms with Crippen molar-refractivity contribution in [3.05, 3.63) is 12.2 Å². The van der Waals surface area contributed by atoms with Crippen molar-refractivity contribution in [2.75, 3.05) is 0 Å². The predicted molar refractivity (Wildman–Crippen MR) is 37.4 cm³/mol. The Kier molecular flexibility index (Phi) is 11.8. The van der Waals surface area contributed by atoms with Crippen LogP contribution in [0.1, 0.15) is 27.6 Å². The second kappa shape index (κ2) is 9.21. The van der Waals surface area contributed by atoms with Crippen molar-refractivity contribution < 1.29 is 40.9 Å². The maximum Gasteiger partial charge on any atom is 1.00 e. The summed E-state index contributed by atoms with van der Waals surface area (Å²) in [7, 11) is 0. The van der Waals surface area contributed by atoms with Crippen LogP contribution in [0.2, 0.25) is 0 Å². The average molecular weight is 152 g/mol. The second-order valence-corrected chi connectivity index (χ2v) is 1.86. The number of carbonyl (C=O) groups is 1. The van der Waals surface area contributed by atoms with Gasteiger partial charge in [-0.25, -0.2) is 0 Å². The average Bonchev–Trinajstić information content (AvgIpc) is 1.80. The molecule has 2 nitrogen and oxygen atoms in total. The molecule has 0 aliphatic heterocycles. The van der Waals surface area contributed by atoms with Crippen LogP contribution in [0.15, 0.2) is 12.2 Å². The first-order chi connectivity index (χ1) is 4.27. The maximum absolute atomic E-state index is 9.94. The van der Waals surface area contributed by atoms with E-state index in [0.717, 1.165) is 12.8 Å². The molecule has 0 atom stereocenters. The third-order valence-electron chi connectivity index (χ3n) is 0.997. The summed E-state index contributed by atoms with van der Waals surface area (Å²) in [6.45, 7) is 1.93. The molecule has 0 rings (SSSR count). The zero-order valence-electron chi connectivity index (χ0n) is 7.63. The number of carboxylic acid groups (broad SMARTS) is 1. The van der Waals surface area contributed by atoms with Gasteiger partial charge in [-0.3, -0.25) is 4.79 Å². The van der Waals surface area contributed by atoms with Gasteiger partial charge in [-0.15, -0.1) is 0 Å². The molecule has 1 N–H and O–H groups in total. The molecule has 0 spiro atoms. The Labute approximate surface area is 85.1 Å². The summed E-state index contributed by atoms with van der Waals surface area (Å²) in [5, 5.41) is 8.19. The van der Waals surface area contributed by atoms with Crippen molar-refractivity contribution in [1.82, 2.24) is 0 Å².